The van der Waals surface area contributed by atoms with Crippen LogP contribution in [-0.2, 0) is 25.9 Å². The van der Waals surface area contributed by atoms with Crippen LogP contribution in [0.2, 0.25) is 0 Å². The minimum absolute atomic E-state index is 0.460. The zero-order valence-corrected chi connectivity index (χ0v) is 18.0. The van der Waals surface area contributed by atoms with Crippen molar-refractivity contribution in [1.82, 2.24) is 15.1 Å². The zero-order chi connectivity index (χ0) is 20.7. The molecule has 3 heterocycles. The van der Waals surface area contributed by atoms with E-state index in [9.17, 15) is 5.11 Å². The number of aliphatic hydroxyl groups excluding tert-OH is 1. The minimum Gasteiger partial charge on any atom is -0.496 e. The molecule has 158 valence electrons. The first-order valence-corrected chi connectivity index (χ1v) is 11.1. The minimum atomic E-state index is -0.676. The molecule has 0 saturated heterocycles. The van der Waals surface area contributed by atoms with Crippen molar-refractivity contribution in [2.24, 2.45) is 0 Å². The van der Waals surface area contributed by atoms with E-state index in [-0.39, 0.29) is 0 Å². The molecule has 1 N–H and O–H groups in total. The predicted octanol–water partition coefficient (Wildman–Crippen LogP) is 3.74. The fraction of sp³-hybridized carbons (Fsp3) is 0.455. The first kappa shape index (κ1) is 19.5. The van der Waals surface area contributed by atoms with E-state index in [1.54, 1.807) is 25.6 Å². The topological polar surface area (TPSA) is 80.9 Å². The summed E-state index contributed by atoms with van der Waals surface area (Å²) in [5, 5.41) is 19.3. The quantitative estimate of drug-likeness (QED) is 0.664. The van der Waals surface area contributed by atoms with Crippen molar-refractivity contribution in [2.45, 2.75) is 44.9 Å². The lowest BCUT2D eigenvalue weighted by atomic mass is 9.95. The third-order valence-electron chi connectivity index (χ3n) is 5.89. The van der Waals surface area contributed by atoms with Gasteiger partial charge in [0.15, 0.2) is 0 Å². The lowest BCUT2D eigenvalue weighted by Gasteiger charge is -2.33. The van der Waals surface area contributed by atoms with Crippen LogP contribution < -0.4 is 9.47 Å². The van der Waals surface area contributed by atoms with Crippen LogP contribution in [0.3, 0.4) is 0 Å². The van der Waals surface area contributed by atoms with Gasteiger partial charge in [-0.3, -0.25) is 4.90 Å². The van der Waals surface area contributed by atoms with Crippen LogP contribution in [0.15, 0.2) is 22.6 Å². The maximum atomic E-state index is 10.8. The summed E-state index contributed by atoms with van der Waals surface area (Å²) in [7, 11) is 3.25. The Kier molecular flexibility index (Phi) is 5.22. The smallest absolute Gasteiger partial charge is 0.257 e. The second-order valence-electron chi connectivity index (χ2n) is 7.81. The molecule has 8 heteroatoms. The Balaban J connectivity index is 1.36. The van der Waals surface area contributed by atoms with Crippen molar-refractivity contribution in [3.8, 4) is 22.3 Å². The maximum absolute atomic E-state index is 10.8. The van der Waals surface area contributed by atoms with E-state index in [2.05, 4.69) is 21.2 Å². The molecule has 0 amide bonds. The van der Waals surface area contributed by atoms with Crippen LogP contribution in [0.1, 0.15) is 46.4 Å². The molecule has 0 radical (unpaired) electrons. The molecule has 1 atom stereocenters. The van der Waals surface area contributed by atoms with Crippen LogP contribution >= 0.6 is 11.3 Å². The van der Waals surface area contributed by atoms with E-state index < -0.39 is 6.10 Å². The summed E-state index contributed by atoms with van der Waals surface area (Å²) in [5.74, 6) is 2.56. The number of benzene rings is 1. The summed E-state index contributed by atoms with van der Waals surface area (Å²) in [6.07, 6.45) is 4.13. The number of β-amino-alcohol motifs (C(OH)–C–C–N with tert-alkyl or cyclic N) is 1. The molecule has 0 saturated carbocycles. The number of rotatable bonds is 5. The van der Waals surface area contributed by atoms with Gasteiger partial charge in [-0.25, -0.2) is 0 Å². The van der Waals surface area contributed by atoms with Crippen molar-refractivity contribution in [3.63, 3.8) is 0 Å². The van der Waals surface area contributed by atoms with Gasteiger partial charge in [-0.15, -0.1) is 21.5 Å². The highest BCUT2D eigenvalue weighted by molar-refractivity contribution is 7.15. The fourth-order valence-electron chi connectivity index (χ4n) is 4.47. The van der Waals surface area contributed by atoms with E-state index in [0.29, 0.717) is 37.2 Å². The molecule has 5 rings (SSSR count). The molecular formula is C22H25N3O4S. The highest BCUT2D eigenvalue weighted by Crippen LogP contribution is 2.40. The molecule has 3 aromatic rings. The van der Waals surface area contributed by atoms with Gasteiger partial charge in [0, 0.05) is 29.1 Å². The number of fused-ring (bicyclic) bond motifs is 2. The number of nitrogens with zero attached hydrogens (tertiary/aromatic N) is 3. The number of hydrogen-bond donors (Lipinski definition) is 1. The number of methoxy groups -OCH3 is 2. The van der Waals surface area contributed by atoms with Crippen LogP contribution in [0.4, 0.5) is 0 Å². The summed E-state index contributed by atoms with van der Waals surface area (Å²) in [4.78, 5) is 4.59. The Labute approximate surface area is 179 Å². The molecule has 0 bridgehead atoms. The summed E-state index contributed by atoms with van der Waals surface area (Å²) in [6, 6.07) is 5.91. The van der Waals surface area contributed by atoms with E-state index in [4.69, 9.17) is 13.9 Å². The van der Waals surface area contributed by atoms with Crippen LogP contribution in [0.5, 0.6) is 11.5 Å². The average molecular weight is 428 g/mol. The predicted molar refractivity (Wildman–Crippen MR) is 113 cm³/mol. The van der Waals surface area contributed by atoms with Gasteiger partial charge in [0.25, 0.3) is 5.89 Å². The lowest BCUT2D eigenvalue weighted by Crippen LogP contribution is -2.33. The van der Waals surface area contributed by atoms with E-state index >= 15 is 0 Å². The Morgan fingerprint density at radius 1 is 1.17 bits per heavy atom. The van der Waals surface area contributed by atoms with Crippen LogP contribution in [-0.4, -0.2) is 41.0 Å². The van der Waals surface area contributed by atoms with Gasteiger partial charge in [-0.1, -0.05) is 0 Å². The summed E-state index contributed by atoms with van der Waals surface area (Å²) in [6.45, 7) is 1.54. The number of aryl methyl sites for hydroxylation is 2. The van der Waals surface area contributed by atoms with Gasteiger partial charge in [-0.2, -0.15) is 0 Å². The number of hydrogen-bond acceptors (Lipinski definition) is 8. The van der Waals surface area contributed by atoms with Crippen molar-refractivity contribution in [1.29, 1.82) is 0 Å². The molecule has 1 aromatic carbocycles. The Hall–Kier alpha value is -2.42. The van der Waals surface area contributed by atoms with Crippen molar-refractivity contribution >= 4 is 11.3 Å². The van der Waals surface area contributed by atoms with Gasteiger partial charge >= 0.3 is 0 Å². The summed E-state index contributed by atoms with van der Waals surface area (Å²) in [5.41, 5.74) is 3.16. The molecule has 1 unspecified atom stereocenters. The van der Waals surface area contributed by atoms with Crippen LogP contribution in [0, 0.1) is 0 Å². The molecule has 0 spiro atoms. The molecule has 2 aliphatic rings. The van der Waals surface area contributed by atoms with E-state index in [0.717, 1.165) is 34.6 Å². The first-order valence-electron chi connectivity index (χ1n) is 10.2. The molecule has 1 aliphatic carbocycles. The second-order valence-corrected chi connectivity index (χ2v) is 8.95. The highest BCUT2D eigenvalue weighted by atomic mass is 32.1. The second kappa shape index (κ2) is 8.02. The number of aliphatic hydroxyl groups is 1. The largest absolute Gasteiger partial charge is 0.496 e. The SMILES string of the molecule is COc1ccc(OC)c2c1CN(Cc1nnc(-c3cc4c(s3)CCCC4)o1)CC2O. The van der Waals surface area contributed by atoms with Crippen LogP contribution in [0.25, 0.3) is 10.8 Å². The maximum Gasteiger partial charge on any atom is 0.257 e. The molecule has 30 heavy (non-hydrogen) atoms. The summed E-state index contributed by atoms with van der Waals surface area (Å²) < 4.78 is 17.0. The molecule has 1 aliphatic heterocycles. The lowest BCUT2D eigenvalue weighted by molar-refractivity contribution is 0.0794. The zero-order valence-electron chi connectivity index (χ0n) is 17.2. The van der Waals surface area contributed by atoms with Gasteiger partial charge in [-0.05, 0) is 49.4 Å². The van der Waals surface area contributed by atoms with Crippen molar-refractivity contribution in [3.05, 3.63) is 45.7 Å². The average Bonchev–Trinajstić information content (AvgIpc) is 3.39. The number of thiophene rings is 1. The summed E-state index contributed by atoms with van der Waals surface area (Å²) >= 11 is 1.77. The fourth-order valence-corrected chi connectivity index (χ4v) is 5.64. The van der Waals surface area contributed by atoms with Gasteiger partial charge < -0.3 is 19.0 Å². The third-order valence-corrected chi connectivity index (χ3v) is 7.12. The van der Waals surface area contributed by atoms with Crippen molar-refractivity contribution < 1.29 is 19.0 Å². The monoisotopic (exact) mass is 427 g/mol. The molecule has 0 fully saturated rings. The molecular weight excluding hydrogens is 402 g/mol. The normalized spacial score (nSPS) is 18.7. The third kappa shape index (κ3) is 3.49. The Morgan fingerprint density at radius 2 is 1.97 bits per heavy atom. The first-order chi connectivity index (χ1) is 14.7. The molecule has 7 nitrogen and oxygen atoms in total. The van der Waals surface area contributed by atoms with Gasteiger partial charge in [0.2, 0.25) is 5.89 Å². The van der Waals surface area contributed by atoms with Crippen molar-refractivity contribution in [2.75, 3.05) is 20.8 Å². The Bertz CT molecular complexity index is 1040. The van der Waals surface area contributed by atoms with E-state index in [1.807, 2.05) is 12.1 Å². The number of ether oxygens (including phenoxy) is 2. The van der Waals surface area contributed by atoms with Gasteiger partial charge in [0.05, 0.1) is 31.7 Å². The van der Waals surface area contributed by atoms with Gasteiger partial charge in [0.1, 0.15) is 11.5 Å². The Morgan fingerprint density at radius 3 is 2.77 bits per heavy atom. The molecule has 2 aromatic heterocycles. The van der Waals surface area contributed by atoms with E-state index in [1.165, 1.54) is 23.3 Å². The number of aromatic nitrogens is 2. The standard InChI is InChI=1S/C22H25N3O4S/c1-27-16-7-8-17(28-2)21-14(16)10-25(11-15(21)26)12-20-23-24-22(29-20)19-9-13-5-3-4-6-18(13)30-19/h7-9,15,26H,3-6,10-12H2,1-2H3. The highest BCUT2D eigenvalue weighted by Gasteiger charge is 2.30.